The van der Waals surface area contributed by atoms with E-state index < -0.39 is 0 Å². The van der Waals surface area contributed by atoms with E-state index in [1.54, 1.807) is 0 Å². The molecule has 2 saturated carbocycles. The highest BCUT2D eigenvalue weighted by molar-refractivity contribution is 5.48. The van der Waals surface area contributed by atoms with E-state index in [1.807, 2.05) is 13.1 Å². The molecule has 1 unspecified atom stereocenters. The van der Waals surface area contributed by atoms with Gasteiger partial charge in [0.25, 0.3) is 0 Å². The maximum absolute atomic E-state index is 4.71. The molecule has 0 radical (unpaired) electrons. The Kier molecular flexibility index (Phi) is 3.11. The van der Waals surface area contributed by atoms with Crippen LogP contribution in [0.2, 0.25) is 0 Å². The normalized spacial score (nSPS) is 25.3. The van der Waals surface area contributed by atoms with Gasteiger partial charge in [0.2, 0.25) is 0 Å². The van der Waals surface area contributed by atoms with Gasteiger partial charge >= 0.3 is 0 Å². The fourth-order valence-corrected chi connectivity index (χ4v) is 2.96. The van der Waals surface area contributed by atoms with Crippen molar-refractivity contribution in [3.05, 3.63) is 11.9 Å². The molecule has 1 aromatic heterocycles. The average molecular weight is 260 g/mol. The van der Waals surface area contributed by atoms with E-state index in [0.29, 0.717) is 17.4 Å². The molecular weight excluding hydrogens is 236 g/mol. The number of nitrogens with one attached hydrogen (secondary N) is 2. The van der Waals surface area contributed by atoms with Gasteiger partial charge in [0.15, 0.2) is 0 Å². The summed E-state index contributed by atoms with van der Waals surface area (Å²) in [4.78, 5) is 9.27. The molecule has 2 fully saturated rings. The predicted molar refractivity (Wildman–Crippen MR) is 78.6 cm³/mol. The van der Waals surface area contributed by atoms with Crippen LogP contribution in [0.4, 0.5) is 11.6 Å². The zero-order chi connectivity index (χ0) is 13.5. The molecule has 2 aliphatic carbocycles. The molecule has 0 amide bonds. The van der Waals surface area contributed by atoms with Gasteiger partial charge in [-0.2, -0.15) is 0 Å². The molecule has 0 spiro atoms. The minimum absolute atomic E-state index is 0.366. The summed E-state index contributed by atoms with van der Waals surface area (Å²) in [6, 6.07) is 2.56. The molecule has 1 heterocycles. The van der Waals surface area contributed by atoms with Crippen molar-refractivity contribution < 1.29 is 0 Å². The Morgan fingerprint density at radius 2 is 1.89 bits per heavy atom. The molecule has 4 nitrogen and oxygen atoms in total. The molecule has 19 heavy (non-hydrogen) atoms. The second-order valence-corrected chi connectivity index (χ2v) is 6.60. The third-order valence-corrected chi connectivity index (χ3v) is 4.52. The van der Waals surface area contributed by atoms with Crippen molar-refractivity contribution in [3.63, 3.8) is 0 Å². The van der Waals surface area contributed by atoms with Crippen LogP contribution in [-0.4, -0.2) is 23.1 Å². The van der Waals surface area contributed by atoms with Crippen molar-refractivity contribution in [2.24, 2.45) is 5.41 Å². The largest absolute Gasteiger partial charge is 0.373 e. The van der Waals surface area contributed by atoms with Crippen LogP contribution < -0.4 is 10.6 Å². The third kappa shape index (κ3) is 2.67. The van der Waals surface area contributed by atoms with Crippen molar-refractivity contribution >= 4 is 11.6 Å². The van der Waals surface area contributed by atoms with Crippen LogP contribution >= 0.6 is 0 Å². The van der Waals surface area contributed by atoms with E-state index in [0.717, 1.165) is 17.5 Å². The SMILES string of the molecule is CNc1cc(NC2CCCC2(C)C)nc(C2CC2)n1. The number of nitrogens with zero attached hydrogens (tertiary/aromatic N) is 2. The van der Waals surface area contributed by atoms with Gasteiger partial charge in [0.05, 0.1) is 0 Å². The van der Waals surface area contributed by atoms with Crippen LogP contribution in [-0.2, 0) is 0 Å². The Labute approximate surface area is 115 Å². The number of hydrogen-bond donors (Lipinski definition) is 2. The monoisotopic (exact) mass is 260 g/mol. The van der Waals surface area contributed by atoms with Crippen molar-refractivity contribution in [2.45, 2.75) is 57.9 Å². The molecule has 2 N–H and O–H groups in total. The third-order valence-electron chi connectivity index (χ3n) is 4.52. The lowest BCUT2D eigenvalue weighted by atomic mass is 9.87. The van der Waals surface area contributed by atoms with E-state index in [1.165, 1.54) is 32.1 Å². The van der Waals surface area contributed by atoms with E-state index in [-0.39, 0.29) is 0 Å². The van der Waals surface area contributed by atoms with Crippen LogP contribution in [0, 0.1) is 5.41 Å². The Morgan fingerprint density at radius 3 is 2.47 bits per heavy atom. The molecule has 0 bridgehead atoms. The first-order valence-corrected chi connectivity index (χ1v) is 7.42. The van der Waals surface area contributed by atoms with Crippen molar-refractivity contribution in [1.29, 1.82) is 0 Å². The van der Waals surface area contributed by atoms with Gasteiger partial charge in [-0.05, 0) is 31.1 Å². The quantitative estimate of drug-likeness (QED) is 0.871. The second kappa shape index (κ2) is 4.66. The lowest BCUT2D eigenvalue weighted by molar-refractivity contribution is 0.349. The summed E-state index contributed by atoms with van der Waals surface area (Å²) in [5, 5.41) is 6.78. The lowest BCUT2D eigenvalue weighted by Crippen LogP contribution is -2.31. The first kappa shape index (κ1) is 12.7. The molecule has 3 rings (SSSR count). The standard InChI is InChI=1S/C15H24N4/c1-15(2)8-4-5-11(15)17-13-9-12(16-3)18-14(19-13)10-6-7-10/h9-11H,4-8H2,1-3H3,(H2,16,17,18,19). The number of anilines is 2. The Bertz CT molecular complexity index is 465. The van der Waals surface area contributed by atoms with Crippen LogP contribution in [0.3, 0.4) is 0 Å². The van der Waals surface area contributed by atoms with Gasteiger partial charge in [0.1, 0.15) is 17.5 Å². The zero-order valence-corrected chi connectivity index (χ0v) is 12.2. The Balaban J connectivity index is 1.81. The molecule has 1 atom stereocenters. The summed E-state index contributed by atoms with van der Waals surface area (Å²) in [5.74, 6) is 3.51. The lowest BCUT2D eigenvalue weighted by Gasteiger charge is -2.28. The van der Waals surface area contributed by atoms with Gasteiger partial charge < -0.3 is 10.6 Å². The van der Waals surface area contributed by atoms with Crippen molar-refractivity contribution in [3.8, 4) is 0 Å². The molecule has 0 saturated heterocycles. The topological polar surface area (TPSA) is 49.8 Å². The van der Waals surface area contributed by atoms with Gasteiger partial charge in [-0.3, -0.25) is 0 Å². The Morgan fingerprint density at radius 1 is 1.16 bits per heavy atom. The predicted octanol–water partition coefficient (Wildman–Crippen LogP) is 3.39. The highest BCUT2D eigenvalue weighted by atomic mass is 15.1. The maximum atomic E-state index is 4.71. The van der Waals surface area contributed by atoms with E-state index in [9.17, 15) is 0 Å². The minimum Gasteiger partial charge on any atom is -0.373 e. The summed E-state index contributed by atoms with van der Waals surface area (Å²) in [7, 11) is 1.92. The summed E-state index contributed by atoms with van der Waals surface area (Å²) in [6.07, 6.45) is 6.32. The van der Waals surface area contributed by atoms with E-state index in [4.69, 9.17) is 4.98 Å². The van der Waals surface area contributed by atoms with Crippen LogP contribution in [0.5, 0.6) is 0 Å². The summed E-state index contributed by atoms with van der Waals surface area (Å²) in [6.45, 7) is 4.69. The van der Waals surface area contributed by atoms with Crippen LogP contribution in [0.15, 0.2) is 6.07 Å². The van der Waals surface area contributed by atoms with Gasteiger partial charge in [-0.25, -0.2) is 9.97 Å². The molecule has 4 heteroatoms. The van der Waals surface area contributed by atoms with Crippen molar-refractivity contribution in [2.75, 3.05) is 17.7 Å². The molecule has 0 aromatic carbocycles. The van der Waals surface area contributed by atoms with Crippen molar-refractivity contribution in [1.82, 2.24) is 9.97 Å². The molecule has 2 aliphatic rings. The molecule has 0 aliphatic heterocycles. The summed E-state index contributed by atoms with van der Waals surface area (Å²) < 4.78 is 0. The highest BCUT2D eigenvalue weighted by Crippen LogP contribution is 2.41. The number of aromatic nitrogens is 2. The number of hydrogen-bond acceptors (Lipinski definition) is 4. The fourth-order valence-electron chi connectivity index (χ4n) is 2.96. The minimum atomic E-state index is 0.366. The van der Waals surface area contributed by atoms with E-state index >= 15 is 0 Å². The van der Waals surface area contributed by atoms with Gasteiger partial charge in [0, 0.05) is 25.1 Å². The molecular formula is C15H24N4. The smallest absolute Gasteiger partial charge is 0.136 e. The maximum Gasteiger partial charge on any atom is 0.136 e. The summed E-state index contributed by atoms with van der Waals surface area (Å²) >= 11 is 0. The first-order chi connectivity index (χ1) is 9.08. The van der Waals surface area contributed by atoms with Gasteiger partial charge in [-0.1, -0.05) is 20.3 Å². The highest BCUT2D eigenvalue weighted by Gasteiger charge is 2.35. The zero-order valence-electron chi connectivity index (χ0n) is 12.2. The Hall–Kier alpha value is -1.32. The van der Waals surface area contributed by atoms with Gasteiger partial charge in [-0.15, -0.1) is 0 Å². The van der Waals surface area contributed by atoms with E-state index in [2.05, 4.69) is 29.5 Å². The summed E-state index contributed by atoms with van der Waals surface area (Å²) in [5.41, 5.74) is 0.366. The fraction of sp³-hybridized carbons (Fsp3) is 0.733. The average Bonchev–Trinajstić information content (AvgIpc) is 3.17. The molecule has 1 aromatic rings. The second-order valence-electron chi connectivity index (χ2n) is 6.60. The van der Waals surface area contributed by atoms with Crippen LogP contribution in [0.1, 0.15) is 57.7 Å². The molecule has 104 valence electrons. The van der Waals surface area contributed by atoms with Crippen LogP contribution in [0.25, 0.3) is 0 Å². The number of rotatable bonds is 4. The first-order valence-electron chi connectivity index (χ1n) is 7.42.